The molecule has 0 bridgehead atoms. The van der Waals surface area contributed by atoms with Crippen LogP contribution in [0.3, 0.4) is 0 Å². The van der Waals surface area contributed by atoms with Crippen LogP contribution in [-0.4, -0.2) is 12.8 Å². The minimum Gasteiger partial charge on any atom is -0.478 e. The molecule has 12 heteroatoms. The Morgan fingerprint density at radius 1 is 0.640 bits per heavy atom. The van der Waals surface area contributed by atoms with Crippen molar-refractivity contribution in [2.75, 3.05) is 6.61 Å². The van der Waals surface area contributed by atoms with Crippen LogP contribution in [0.15, 0.2) is 66.7 Å². The molecule has 0 aliphatic heterocycles. The normalized spacial score (nSPS) is 16.8. The van der Waals surface area contributed by atoms with Gasteiger partial charge in [-0.25, -0.2) is 22.0 Å². The number of alkyl halides is 5. The summed E-state index contributed by atoms with van der Waals surface area (Å²) in [5.41, 5.74) is -1.42. The molecule has 2 nitrogen and oxygen atoms in total. The van der Waals surface area contributed by atoms with Gasteiger partial charge in [-0.1, -0.05) is 50.8 Å². The molecule has 0 N–H and O–H groups in total. The standard InChI is InChI=1S/C38H34F10O2/c1-2-3-4-5-22-6-8-23(9-7-22)24-11-15-30(33(41)16-24)38(47,48)50-27-12-14-28(32(40)20-27)25-10-13-29(31(39)17-25)26-18-34(42)36(35(43)19-26)49-21-37(44,45)46/h10-20,22-23H,2-9,21H2,1H3. The van der Waals surface area contributed by atoms with Crippen molar-refractivity contribution < 1.29 is 53.4 Å². The van der Waals surface area contributed by atoms with Crippen LogP contribution in [0, 0.1) is 35.0 Å². The van der Waals surface area contributed by atoms with Crippen molar-refractivity contribution in [3.05, 3.63) is 107 Å². The second kappa shape index (κ2) is 15.3. The van der Waals surface area contributed by atoms with Crippen LogP contribution >= 0.6 is 0 Å². The monoisotopic (exact) mass is 712 g/mol. The zero-order valence-corrected chi connectivity index (χ0v) is 27.0. The van der Waals surface area contributed by atoms with Crippen LogP contribution in [0.4, 0.5) is 43.9 Å². The van der Waals surface area contributed by atoms with E-state index in [1.54, 1.807) is 0 Å². The highest BCUT2D eigenvalue weighted by Crippen LogP contribution is 2.41. The summed E-state index contributed by atoms with van der Waals surface area (Å²) in [5, 5.41) is 0. The van der Waals surface area contributed by atoms with Gasteiger partial charge in [0.2, 0.25) is 0 Å². The van der Waals surface area contributed by atoms with E-state index in [4.69, 9.17) is 4.74 Å². The molecule has 0 atom stereocenters. The third-order valence-electron chi connectivity index (χ3n) is 9.00. The predicted octanol–water partition coefficient (Wildman–Crippen LogP) is 12.6. The van der Waals surface area contributed by atoms with Crippen molar-refractivity contribution in [3.63, 3.8) is 0 Å². The number of hydrogen-bond donors (Lipinski definition) is 0. The number of ether oxygens (including phenoxy) is 2. The average molecular weight is 713 g/mol. The van der Waals surface area contributed by atoms with Crippen molar-refractivity contribution in [2.45, 2.75) is 76.5 Å². The molecule has 1 aliphatic carbocycles. The van der Waals surface area contributed by atoms with Gasteiger partial charge in [-0.15, -0.1) is 0 Å². The van der Waals surface area contributed by atoms with Crippen LogP contribution in [-0.2, 0) is 6.11 Å². The molecule has 0 aromatic heterocycles. The molecule has 0 saturated heterocycles. The molecule has 1 aliphatic rings. The molecule has 0 radical (unpaired) electrons. The van der Waals surface area contributed by atoms with E-state index in [0.29, 0.717) is 29.7 Å². The van der Waals surface area contributed by atoms with Gasteiger partial charge >= 0.3 is 12.3 Å². The van der Waals surface area contributed by atoms with Crippen LogP contribution in [0.1, 0.15) is 75.3 Å². The summed E-state index contributed by atoms with van der Waals surface area (Å²) in [5.74, 6) is -7.52. The van der Waals surface area contributed by atoms with E-state index in [1.165, 1.54) is 31.4 Å². The molecule has 4 aromatic carbocycles. The van der Waals surface area contributed by atoms with E-state index in [0.717, 1.165) is 68.5 Å². The minimum absolute atomic E-state index is 0.0742. The first-order valence-corrected chi connectivity index (χ1v) is 16.3. The number of benzene rings is 4. The van der Waals surface area contributed by atoms with Crippen molar-refractivity contribution >= 4 is 0 Å². The fourth-order valence-corrected chi connectivity index (χ4v) is 6.41. The van der Waals surface area contributed by atoms with Crippen LogP contribution in [0.25, 0.3) is 22.3 Å². The van der Waals surface area contributed by atoms with Gasteiger partial charge in [0, 0.05) is 17.2 Å². The summed E-state index contributed by atoms with van der Waals surface area (Å²) >= 11 is 0. The maximum Gasteiger partial charge on any atom is 0.429 e. The lowest BCUT2D eigenvalue weighted by Gasteiger charge is -2.29. The molecule has 0 spiro atoms. The Kier molecular flexibility index (Phi) is 11.4. The number of hydrogen-bond acceptors (Lipinski definition) is 2. The maximum atomic E-state index is 15.1. The summed E-state index contributed by atoms with van der Waals surface area (Å²) in [7, 11) is 0. The Hall–Kier alpha value is -4.22. The summed E-state index contributed by atoms with van der Waals surface area (Å²) in [6.45, 7) is 0.210. The molecule has 268 valence electrons. The molecule has 50 heavy (non-hydrogen) atoms. The van der Waals surface area contributed by atoms with Crippen LogP contribution < -0.4 is 9.47 Å². The summed E-state index contributed by atoms with van der Waals surface area (Å²) in [4.78, 5) is 0. The topological polar surface area (TPSA) is 18.5 Å². The number of halogens is 10. The quantitative estimate of drug-likeness (QED) is 0.108. The van der Waals surface area contributed by atoms with Gasteiger partial charge in [-0.05, 0) is 96.7 Å². The van der Waals surface area contributed by atoms with Crippen molar-refractivity contribution in [3.8, 4) is 33.8 Å². The molecule has 0 amide bonds. The van der Waals surface area contributed by atoms with E-state index in [9.17, 15) is 22.0 Å². The Morgan fingerprint density at radius 2 is 1.26 bits per heavy atom. The van der Waals surface area contributed by atoms with Gasteiger partial charge in [-0.2, -0.15) is 22.0 Å². The molecular weight excluding hydrogens is 678 g/mol. The SMILES string of the molecule is CCCCCC1CCC(c2ccc(C(F)(F)Oc3ccc(-c4ccc(-c5cc(F)c(OCC(F)(F)F)c(F)c5)c(F)c4)c(F)c3)c(F)c2)CC1. The fraction of sp³-hybridized carbons (Fsp3) is 0.368. The molecule has 4 aromatic rings. The minimum atomic E-state index is -4.85. The van der Waals surface area contributed by atoms with Crippen LogP contribution in [0.2, 0.25) is 0 Å². The second-order valence-electron chi connectivity index (χ2n) is 12.6. The highest BCUT2D eigenvalue weighted by atomic mass is 19.4. The zero-order valence-electron chi connectivity index (χ0n) is 27.0. The van der Waals surface area contributed by atoms with Gasteiger partial charge in [0.15, 0.2) is 24.0 Å². The lowest BCUT2D eigenvalue weighted by Crippen LogP contribution is -2.24. The molecule has 1 fully saturated rings. The zero-order chi connectivity index (χ0) is 36.2. The largest absolute Gasteiger partial charge is 0.478 e. The molecular formula is C38H34F10O2. The lowest BCUT2D eigenvalue weighted by molar-refractivity contribution is -0.187. The first kappa shape index (κ1) is 37.0. The van der Waals surface area contributed by atoms with Crippen molar-refractivity contribution in [1.29, 1.82) is 0 Å². The Labute approximate surface area is 283 Å². The third-order valence-corrected chi connectivity index (χ3v) is 9.00. The molecule has 0 heterocycles. The summed E-state index contributed by atoms with van der Waals surface area (Å²) in [6, 6.07) is 10.4. The van der Waals surface area contributed by atoms with Crippen molar-refractivity contribution in [1.82, 2.24) is 0 Å². The van der Waals surface area contributed by atoms with Gasteiger partial charge in [0.25, 0.3) is 0 Å². The Morgan fingerprint density at radius 3 is 1.86 bits per heavy atom. The molecule has 5 rings (SSSR count). The predicted molar refractivity (Wildman–Crippen MR) is 168 cm³/mol. The van der Waals surface area contributed by atoms with E-state index in [1.807, 2.05) is 0 Å². The molecule has 1 saturated carbocycles. The third kappa shape index (κ3) is 8.92. The Bertz CT molecular complexity index is 1770. The van der Waals surface area contributed by atoms with Gasteiger partial charge in [0.1, 0.15) is 23.2 Å². The average Bonchev–Trinajstić information content (AvgIpc) is 3.04. The summed E-state index contributed by atoms with van der Waals surface area (Å²) in [6.07, 6.45) is -0.575. The summed E-state index contributed by atoms with van der Waals surface area (Å²) < 4.78 is 150. The lowest BCUT2D eigenvalue weighted by atomic mass is 9.77. The highest BCUT2D eigenvalue weighted by molar-refractivity contribution is 5.72. The van der Waals surface area contributed by atoms with Gasteiger partial charge in [0.05, 0.1) is 5.56 Å². The fourth-order valence-electron chi connectivity index (χ4n) is 6.41. The van der Waals surface area contributed by atoms with E-state index >= 15 is 22.0 Å². The first-order chi connectivity index (χ1) is 23.6. The maximum absolute atomic E-state index is 15.1. The Balaban J connectivity index is 1.26. The van der Waals surface area contributed by atoms with E-state index < -0.39 is 65.0 Å². The van der Waals surface area contributed by atoms with Crippen LogP contribution in [0.5, 0.6) is 11.5 Å². The van der Waals surface area contributed by atoms with E-state index in [2.05, 4.69) is 11.7 Å². The smallest absolute Gasteiger partial charge is 0.429 e. The van der Waals surface area contributed by atoms with Gasteiger partial charge < -0.3 is 9.47 Å². The molecule has 0 unspecified atom stereocenters. The number of unbranched alkanes of at least 4 members (excludes halogenated alkanes) is 2. The highest BCUT2D eigenvalue weighted by Gasteiger charge is 2.38. The van der Waals surface area contributed by atoms with E-state index in [-0.39, 0.29) is 28.2 Å². The van der Waals surface area contributed by atoms with Gasteiger partial charge in [-0.3, -0.25) is 0 Å². The number of rotatable bonds is 12. The van der Waals surface area contributed by atoms with Crippen molar-refractivity contribution in [2.24, 2.45) is 5.92 Å². The first-order valence-electron chi connectivity index (χ1n) is 16.3. The second-order valence-corrected chi connectivity index (χ2v) is 12.6.